The smallest absolute Gasteiger partial charge is 0.270 e. The molecule has 0 unspecified atom stereocenters. The summed E-state index contributed by atoms with van der Waals surface area (Å²) in [6, 6.07) is 9.22. The van der Waals surface area contributed by atoms with Gasteiger partial charge in [0.25, 0.3) is 5.91 Å². The van der Waals surface area contributed by atoms with Gasteiger partial charge in [-0.05, 0) is 51.2 Å². The molecule has 6 nitrogen and oxygen atoms in total. The Morgan fingerprint density at radius 2 is 2.11 bits per heavy atom. The largest absolute Gasteiger partial charge is 0.497 e. The molecule has 0 spiro atoms. The van der Waals surface area contributed by atoms with Crippen LogP contribution in [0.3, 0.4) is 0 Å². The number of hydrogen-bond acceptors (Lipinski definition) is 5. The Hall–Kier alpha value is -2.89. The summed E-state index contributed by atoms with van der Waals surface area (Å²) in [4.78, 5) is 21.1. The molecule has 1 aromatic carbocycles. The van der Waals surface area contributed by atoms with E-state index in [1.165, 1.54) is 18.4 Å². The molecule has 1 amide bonds. The molecule has 1 aliphatic carbocycles. The van der Waals surface area contributed by atoms with Gasteiger partial charge in [0.15, 0.2) is 0 Å². The summed E-state index contributed by atoms with van der Waals surface area (Å²) in [5, 5.41) is 6.17. The molecule has 142 valence electrons. The van der Waals surface area contributed by atoms with Gasteiger partial charge in [-0.15, -0.1) is 0 Å². The lowest BCUT2D eigenvalue weighted by Crippen LogP contribution is -2.26. The molecule has 2 aromatic rings. The zero-order chi connectivity index (χ0) is 19.1. The number of hydrogen-bond donors (Lipinski definition) is 2. The van der Waals surface area contributed by atoms with E-state index in [1.54, 1.807) is 20.1 Å². The number of amides is 1. The van der Waals surface area contributed by atoms with Crippen molar-refractivity contribution < 1.29 is 9.53 Å². The molecule has 3 rings (SSSR count). The third-order valence-electron chi connectivity index (χ3n) is 4.53. The van der Waals surface area contributed by atoms with E-state index >= 15 is 0 Å². The van der Waals surface area contributed by atoms with Gasteiger partial charge in [-0.1, -0.05) is 17.7 Å². The Morgan fingerprint density at radius 3 is 2.89 bits per heavy atom. The van der Waals surface area contributed by atoms with Crippen molar-refractivity contribution in [1.29, 1.82) is 0 Å². The quantitative estimate of drug-likeness (QED) is 0.720. The number of allylic oxidation sites excluding steroid dienone is 1. The Bertz CT molecular complexity index is 833. The molecule has 0 radical (unpaired) electrons. The van der Waals surface area contributed by atoms with E-state index in [-0.39, 0.29) is 5.91 Å². The number of ether oxygens (including phenoxy) is 1. The zero-order valence-electron chi connectivity index (χ0n) is 15.9. The molecule has 1 aliphatic rings. The van der Waals surface area contributed by atoms with Crippen molar-refractivity contribution >= 4 is 17.4 Å². The Morgan fingerprint density at radius 1 is 1.22 bits per heavy atom. The summed E-state index contributed by atoms with van der Waals surface area (Å²) in [5.74, 6) is 1.70. The maximum atomic E-state index is 12.5. The fraction of sp³-hybridized carbons (Fsp3) is 0.381. The molecule has 27 heavy (non-hydrogen) atoms. The minimum atomic E-state index is -0.175. The molecule has 0 aliphatic heterocycles. The second-order valence-corrected chi connectivity index (χ2v) is 6.66. The first-order valence-corrected chi connectivity index (χ1v) is 9.37. The minimum Gasteiger partial charge on any atom is -0.497 e. The lowest BCUT2D eigenvalue weighted by Gasteiger charge is -2.13. The number of anilines is 2. The van der Waals surface area contributed by atoms with Crippen LogP contribution in [-0.2, 0) is 0 Å². The van der Waals surface area contributed by atoms with Crippen molar-refractivity contribution in [2.24, 2.45) is 0 Å². The molecule has 6 heteroatoms. The summed E-state index contributed by atoms with van der Waals surface area (Å²) in [5.41, 5.74) is 2.65. The lowest BCUT2D eigenvalue weighted by atomic mass is 9.97. The van der Waals surface area contributed by atoms with Gasteiger partial charge in [0.2, 0.25) is 0 Å². The van der Waals surface area contributed by atoms with Gasteiger partial charge in [0, 0.05) is 24.4 Å². The zero-order valence-corrected chi connectivity index (χ0v) is 15.9. The average Bonchev–Trinajstić information content (AvgIpc) is 2.68. The van der Waals surface area contributed by atoms with E-state index in [2.05, 4.69) is 26.7 Å². The van der Waals surface area contributed by atoms with Crippen molar-refractivity contribution in [2.45, 2.75) is 39.0 Å². The van der Waals surface area contributed by atoms with Crippen molar-refractivity contribution in [3.05, 3.63) is 53.5 Å². The van der Waals surface area contributed by atoms with Gasteiger partial charge >= 0.3 is 0 Å². The maximum absolute atomic E-state index is 12.5. The monoisotopic (exact) mass is 366 g/mol. The SMILES string of the molecule is COc1cccc(Nc2cc(C(=O)NCCC3=CCCCC3)nc(C)n2)c1. The van der Waals surface area contributed by atoms with Crippen LogP contribution in [0.2, 0.25) is 0 Å². The second kappa shape index (κ2) is 9.16. The van der Waals surface area contributed by atoms with Crippen molar-refractivity contribution in [1.82, 2.24) is 15.3 Å². The molecule has 0 saturated carbocycles. The van der Waals surface area contributed by atoms with Crippen LogP contribution in [0.25, 0.3) is 0 Å². The fourth-order valence-electron chi connectivity index (χ4n) is 3.16. The summed E-state index contributed by atoms with van der Waals surface area (Å²) < 4.78 is 5.23. The van der Waals surface area contributed by atoms with Crippen molar-refractivity contribution in [3.8, 4) is 5.75 Å². The summed E-state index contributed by atoms with van der Waals surface area (Å²) >= 11 is 0. The molecule has 1 heterocycles. The van der Waals surface area contributed by atoms with E-state index in [0.717, 1.165) is 30.7 Å². The molecule has 0 bridgehead atoms. The van der Waals surface area contributed by atoms with Gasteiger partial charge < -0.3 is 15.4 Å². The first-order valence-electron chi connectivity index (χ1n) is 9.37. The number of aryl methyl sites for hydroxylation is 1. The van der Waals surface area contributed by atoms with E-state index in [4.69, 9.17) is 4.74 Å². The number of methoxy groups -OCH3 is 1. The van der Waals surface area contributed by atoms with Gasteiger partial charge in [0.1, 0.15) is 23.1 Å². The Balaban J connectivity index is 1.63. The molecule has 0 atom stereocenters. The second-order valence-electron chi connectivity index (χ2n) is 6.66. The highest BCUT2D eigenvalue weighted by Gasteiger charge is 2.11. The van der Waals surface area contributed by atoms with E-state index in [0.29, 0.717) is 23.9 Å². The molecule has 1 aromatic heterocycles. The number of nitrogens with zero attached hydrogens (tertiary/aromatic N) is 2. The van der Waals surface area contributed by atoms with Crippen LogP contribution >= 0.6 is 0 Å². The third-order valence-corrected chi connectivity index (χ3v) is 4.53. The minimum absolute atomic E-state index is 0.175. The molecule has 2 N–H and O–H groups in total. The predicted molar refractivity (Wildman–Crippen MR) is 107 cm³/mol. The number of carbonyl (C=O) groups excluding carboxylic acids is 1. The predicted octanol–water partition coefficient (Wildman–Crippen LogP) is 4.16. The number of benzene rings is 1. The summed E-state index contributed by atoms with van der Waals surface area (Å²) in [6.07, 6.45) is 8.06. The highest BCUT2D eigenvalue weighted by Crippen LogP contribution is 2.21. The van der Waals surface area contributed by atoms with Crippen LogP contribution in [0, 0.1) is 6.92 Å². The van der Waals surface area contributed by atoms with Crippen molar-refractivity contribution in [2.75, 3.05) is 19.0 Å². The van der Waals surface area contributed by atoms with Gasteiger partial charge in [-0.2, -0.15) is 0 Å². The summed E-state index contributed by atoms with van der Waals surface area (Å²) in [6.45, 7) is 2.41. The standard InChI is InChI=1S/C21H26N4O2/c1-15-23-19(21(26)22-12-11-16-7-4-3-5-8-16)14-20(24-15)25-17-9-6-10-18(13-17)27-2/h6-7,9-10,13-14H,3-5,8,11-12H2,1-2H3,(H,22,26)(H,23,24,25). The number of rotatable bonds is 7. The number of carbonyl (C=O) groups is 1. The van der Waals surface area contributed by atoms with Crippen molar-refractivity contribution in [3.63, 3.8) is 0 Å². The number of nitrogens with one attached hydrogen (secondary N) is 2. The van der Waals surface area contributed by atoms with Crippen LogP contribution < -0.4 is 15.4 Å². The Kier molecular flexibility index (Phi) is 6.41. The van der Waals surface area contributed by atoms with Crippen LogP contribution in [-0.4, -0.2) is 29.5 Å². The first kappa shape index (κ1) is 18.9. The normalized spacial score (nSPS) is 13.6. The van der Waals surface area contributed by atoms with E-state index < -0.39 is 0 Å². The lowest BCUT2D eigenvalue weighted by molar-refractivity contribution is 0.0948. The van der Waals surface area contributed by atoms with E-state index in [9.17, 15) is 4.79 Å². The fourth-order valence-corrected chi connectivity index (χ4v) is 3.16. The highest BCUT2D eigenvalue weighted by atomic mass is 16.5. The van der Waals surface area contributed by atoms with Crippen LogP contribution in [0.5, 0.6) is 5.75 Å². The van der Waals surface area contributed by atoms with Gasteiger partial charge in [0.05, 0.1) is 7.11 Å². The van der Waals surface area contributed by atoms with Crippen LogP contribution in [0.4, 0.5) is 11.5 Å². The van der Waals surface area contributed by atoms with Gasteiger partial charge in [-0.3, -0.25) is 4.79 Å². The highest BCUT2D eigenvalue weighted by molar-refractivity contribution is 5.93. The summed E-state index contributed by atoms with van der Waals surface area (Å²) in [7, 11) is 1.62. The topological polar surface area (TPSA) is 76.1 Å². The molecule has 0 saturated heterocycles. The average molecular weight is 366 g/mol. The van der Waals surface area contributed by atoms with Crippen LogP contribution in [0.15, 0.2) is 42.0 Å². The molecule has 0 fully saturated rings. The third kappa shape index (κ3) is 5.54. The Labute approximate surface area is 160 Å². The van der Waals surface area contributed by atoms with Gasteiger partial charge in [-0.25, -0.2) is 9.97 Å². The molecular formula is C21H26N4O2. The van der Waals surface area contributed by atoms with Crippen LogP contribution in [0.1, 0.15) is 48.4 Å². The molecular weight excluding hydrogens is 340 g/mol. The number of aromatic nitrogens is 2. The maximum Gasteiger partial charge on any atom is 0.270 e. The van der Waals surface area contributed by atoms with E-state index in [1.807, 2.05) is 24.3 Å². The first-order chi connectivity index (χ1) is 13.1.